The third kappa shape index (κ3) is 6.83. The van der Waals surface area contributed by atoms with Crippen molar-refractivity contribution in [3.63, 3.8) is 0 Å². The average Bonchev–Trinajstić information content (AvgIpc) is 3.12. The molecule has 1 fully saturated rings. The molecule has 1 aliphatic rings. The maximum absolute atomic E-state index is 5.45. The quantitative estimate of drug-likeness (QED) is 0.344. The summed E-state index contributed by atoms with van der Waals surface area (Å²) < 4.78 is 10.7. The lowest BCUT2D eigenvalue weighted by atomic mass is 10.1. The topological polar surface area (TPSA) is 58.1 Å². The van der Waals surface area contributed by atoms with E-state index in [2.05, 4.69) is 29.4 Å². The van der Waals surface area contributed by atoms with Crippen molar-refractivity contribution in [1.82, 2.24) is 15.5 Å². The number of ether oxygens (including phenoxy) is 2. The molecular weight excluding hydrogens is 443 g/mol. The molecule has 1 aromatic rings. The number of methoxy groups -OCH3 is 2. The van der Waals surface area contributed by atoms with Crippen LogP contribution < -0.4 is 20.1 Å². The van der Waals surface area contributed by atoms with Crippen LogP contribution in [0.2, 0.25) is 0 Å². The van der Waals surface area contributed by atoms with Crippen LogP contribution in [0.25, 0.3) is 0 Å². The number of aliphatic imine (C=N–C) groups is 1. The van der Waals surface area contributed by atoms with Gasteiger partial charge in [-0.05, 0) is 44.5 Å². The SMILES string of the molecule is CCNC(=NCc1ccc(OC)cc1OC)NCC1CCN(CC)C1.I. The lowest BCUT2D eigenvalue weighted by Gasteiger charge is -2.16. The first-order chi connectivity index (χ1) is 12.2. The monoisotopic (exact) mass is 476 g/mol. The zero-order valence-electron chi connectivity index (χ0n) is 16.4. The molecular formula is C19H33IN4O2. The van der Waals surface area contributed by atoms with Crippen LogP contribution in [0.15, 0.2) is 23.2 Å². The normalized spacial score (nSPS) is 17.5. The van der Waals surface area contributed by atoms with Gasteiger partial charge in [-0.15, -0.1) is 24.0 Å². The van der Waals surface area contributed by atoms with Gasteiger partial charge in [-0.2, -0.15) is 0 Å². The second-order valence-electron chi connectivity index (χ2n) is 6.30. The zero-order chi connectivity index (χ0) is 18.1. The van der Waals surface area contributed by atoms with E-state index in [9.17, 15) is 0 Å². The van der Waals surface area contributed by atoms with Gasteiger partial charge in [0.15, 0.2) is 5.96 Å². The number of benzene rings is 1. The summed E-state index contributed by atoms with van der Waals surface area (Å²) in [4.78, 5) is 7.21. The molecule has 2 rings (SSSR count). The summed E-state index contributed by atoms with van der Waals surface area (Å²) >= 11 is 0. The first-order valence-electron chi connectivity index (χ1n) is 9.15. The van der Waals surface area contributed by atoms with E-state index < -0.39 is 0 Å². The number of nitrogens with one attached hydrogen (secondary N) is 2. The molecule has 26 heavy (non-hydrogen) atoms. The highest BCUT2D eigenvalue weighted by Crippen LogP contribution is 2.25. The van der Waals surface area contributed by atoms with Crippen LogP contribution in [0.5, 0.6) is 11.5 Å². The van der Waals surface area contributed by atoms with E-state index in [4.69, 9.17) is 14.5 Å². The summed E-state index contributed by atoms with van der Waals surface area (Å²) in [6.45, 7) is 10.2. The summed E-state index contributed by atoms with van der Waals surface area (Å²) in [6, 6.07) is 5.83. The van der Waals surface area contributed by atoms with Crippen LogP contribution in [0.1, 0.15) is 25.8 Å². The first-order valence-corrected chi connectivity index (χ1v) is 9.15. The number of rotatable bonds is 8. The maximum atomic E-state index is 5.45. The third-order valence-electron chi connectivity index (χ3n) is 4.62. The number of hydrogen-bond donors (Lipinski definition) is 2. The van der Waals surface area contributed by atoms with Crippen molar-refractivity contribution >= 4 is 29.9 Å². The molecule has 0 aliphatic carbocycles. The predicted octanol–water partition coefficient (Wildman–Crippen LogP) is 2.72. The molecule has 6 nitrogen and oxygen atoms in total. The van der Waals surface area contributed by atoms with Crippen molar-refractivity contribution in [1.29, 1.82) is 0 Å². The number of nitrogens with zero attached hydrogens (tertiary/aromatic N) is 2. The van der Waals surface area contributed by atoms with Gasteiger partial charge in [-0.25, -0.2) is 4.99 Å². The highest BCUT2D eigenvalue weighted by molar-refractivity contribution is 14.0. The van der Waals surface area contributed by atoms with Crippen LogP contribution in [0, 0.1) is 5.92 Å². The molecule has 0 radical (unpaired) electrons. The number of likely N-dealkylation sites (tertiary alicyclic amines) is 1. The van der Waals surface area contributed by atoms with Crippen molar-refractivity contribution in [3.8, 4) is 11.5 Å². The lowest BCUT2D eigenvalue weighted by molar-refractivity contribution is 0.342. The van der Waals surface area contributed by atoms with E-state index >= 15 is 0 Å². The van der Waals surface area contributed by atoms with E-state index in [1.807, 2.05) is 18.2 Å². The Morgan fingerprint density at radius 1 is 1.23 bits per heavy atom. The van der Waals surface area contributed by atoms with Crippen LogP contribution in [0.3, 0.4) is 0 Å². The van der Waals surface area contributed by atoms with Gasteiger partial charge in [0.2, 0.25) is 0 Å². The number of hydrogen-bond acceptors (Lipinski definition) is 4. The molecule has 1 aromatic carbocycles. The van der Waals surface area contributed by atoms with Gasteiger partial charge in [0.1, 0.15) is 11.5 Å². The molecule has 1 heterocycles. The molecule has 1 saturated heterocycles. The second-order valence-corrected chi connectivity index (χ2v) is 6.30. The molecule has 1 atom stereocenters. The van der Waals surface area contributed by atoms with Gasteiger partial charge in [0, 0.05) is 31.3 Å². The minimum absolute atomic E-state index is 0. The van der Waals surface area contributed by atoms with E-state index in [1.54, 1.807) is 14.2 Å². The van der Waals surface area contributed by atoms with Gasteiger partial charge >= 0.3 is 0 Å². The van der Waals surface area contributed by atoms with Gasteiger partial charge in [-0.1, -0.05) is 6.92 Å². The Morgan fingerprint density at radius 2 is 2.04 bits per heavy atom. The van der Waals surface area contributed by atoms with Crippen molar-refractivity contribution in [3.05, 3.63) is 23.8 Å². The average molecular weight is 476 g/mol. The van der Waals surface area contributed by atoms with Gasteiger partial charge in [0.05, 0.1) is 20.8 Å². The molecule has 1 aliphatic heterocycles. The molecule has 0 amide bonds. The largest absolute Gasteiger partial charge is 0.497 e. The standard InChI is InChI=1S/C19H32N4O2.HI/c1-5-20-19(21-12-15-9-10-23(6-2)14-15)22-13-16-7-8-17(24-3)11-18(16)25-4;/h7-8,11,15H,5-6,9-10,12-14H2,1-4H3,(H2,20,21,22);1H. The molecule has 7 heteroatoms. The Morgan fingerprint density at radius 3 is 2.65 bits per heavy atom. The summed E-state index contributed by atoms with van der Waals surface area (Å²) in [5.41, 5.74) is 1.04. The Bertz CT molecular complexity index is 568. The fraction of sp³-hybridized carbons (Fsp3) is 0.632. The fourth-order valence-corrected chi connectivity index (χ4v) is 3.10. The maximum Gasteiger partial charge on any atom is 0.191 e. The second kappa shape index (κ2) is 12.2. The highest BCUT2D eigenvalue weighted by atomic mass is 127. The molecule has 0 saturated carbocycles. The van der Waals surface area contributed by atoms with E-state index in [-0.39, 0.29) is 24.0 Å². The lowest BCUT2D eigenvalue weighted by Crippen LogP contribution is -2.40. The third-order valence-corrected chi connectivity index (χ3v) is 4.62. The van der Waals surface area contributed by atoms with Crippen molar-refractivity contribution < 1.29 is 9.47 Å². The smallest absolute Gasteiger partial charge is 0.191 e. The van der Waals surface area contributed by atoms with Gasteiger partial charge < -0.3 is 25.0 Å². The molecule has 0 aromatic heterocycles. The van der Waals surface area contributed by atoms with Crippen LogP contribution in [-0.2, 0) is 6.54 Å². The molecule has 2 N–H and O–H groups in total. The van der Waals surface area contributed by atoms with Crippen LogP contribution in [0.4, 0.5) is 0 Å². The van der Waals surface area contributed by atoms with Gasteiger partial charge in [-0.3, -0.25) is 0 Å². The van der Waals surface area contributed by atoms with Crippen molar-refractivity contribution in [2.45, 2.75) is 26.8 Å². The zero-order valence-corrected chi connectivity index (χ0v) is 18.7. The summed E-state index contributed by atoms with van der Waals surface area (Å²) in [5, 5.41) is 6.81. The van der Waals surface area contributed by atoms with E-state index in [1.165, 1.54) is 19.5 Å². The Labute approximate surface area is 174 Å². The Kier molecular flexibility index (Phi) is 10.7. The van der Waals surface area contributed by atoms with Crippen molar-refractivity contribution in [2.24, 2.45) is 10.9 Å². The summed E-state index contributed by atoms with van der Waals surface area (Å²) in [5.74, 6) is 3.14. The highest BCUT2D eigenvalue weighted by Gasteiger charge is 2.21. The van der Waals surface area contributed by atoms with Crippen LogP contribution in [-0.4, -0.2) is 57.8 Å². The summed E-state index contributed by atoms with van der Waals surface area (Å²) in [6.07, 6.45) is 1.26. The van der Waals surface area contributed by atoms with E-state index in [0.29, 0.717) is 12.5 Å². The minimum atomic E-state index is 0. The fourth-order valence-electron chi connectivity index (χ4n) is 3.10. The molecule has 1 unspecified atom stereocenters. The van der Waals surface area contributed by atoms with E-state index in [0.717, 1.165) is 42.7 Å². The molecule has 0 spiro atoms. The predicted molar refractivity (Wildman–Crippen MR) is 118 cm³/mol. The van der Waals surface area contributed by atoms with Crippen molar-refractivity contribution in [2.75, 3.05) is 46.9 Å². The first kappa shape index (κ1) is 22.8. The molecule has 148 valence electrons. The minimum Gasteiger partial charge on any atom is -0.497 e. The number of halogens is 1. The van der Waals surface area contributed by atoms with Crippen LogP contribution >= 0.6 is 24.0 Å². The summed E-state index contributed by atoms with van der Waals surface area (Å²) in [7, 11) is 3.33. The molecule has 0 bridgehead atoms. The Hall–Kier alpha value is -1.22. The van der Waals surface area contributed by atoms with Gasteiger partial charge in [0.25, 0.3) is 0 Å². The number of guanidine groups is 1. The Balaban J connectivity index is 0.00000338.